The highest BCUT2D eigenvalue weighted by atomic mass is 35.5. The zero-order chi connectivity index (χ0) is 24.4. The second-order valence-corrected chi connectivity index (χ2v) is 9.35. The van der Waals surface area contributed by atoms with Crippen LogP contribution in [0.2, 0.25) is 5.02 Å². The number of nitrogens with zero attached hydrogens (tertiary/aromatic N) is 1. The Balaban J connectivity index is 1.54. The maximum atomic E-state index is 12.6. The van der Waals surface area contributed by atoms with Gasteiger partial charge in [0, 0.05) is 11.1 Å². The first-order chi connectivity index (χ1) is 16.2. The first-order valence-corrected chi connectivity index (χ1v) is 11.9. The Hall–Kier alpha value is -3.22. The number of aromatic nitrogens is 1. The molecule has 1 heterocycles. The minimum Gasteiger partial charge on any atom is -0.436 e. The van der Waals surface area contributed by atoms with Gasteiger partial charge in [-0.2, -0.15) is 0 Å². The molecule has 0 saturated carbocycles. The molecule has 0 bridgehead atoms. The van der Waals surface area contributed by atoms with Crippen molar-refractivity contribution in [3.63, 3.8) is 0 Å². The SMILES string of the molecule is CC[C@@H](C)c1ccc2oc(-c3ccc(Cl)c(NC(=S)NC(=O)c4cc(C)cc(C)c4)c3)nc2c1. The first kappa shape index (κ1) is 23.9. The van der Waals surface area contributed by atoms with Gasteiger partial charge in [-0.05, 0) is 86.4 Å². The van der Waals surface area contributed by atoms with E-state index in [-0.39, 0.29) is 11.0 Å². The molecule has 0 saturated heterocycles. The van der Waals surface area contributed by atoms with Crippen molar-refractivity contribution in [2.75, 3.05) is 5.32 Å². The highest BCUT2D eigenvalue weighted by molar-refractivity contribution is 7.80. The molecule has 3 aromatic carbocycles. The van der Waals surface area contributed by atoms with Gasteiger partial charge in [0.25, 0.3) is 5.91 Å². The number of fused-ring (bicyclic) bond motifs is 1. The molecule has 1 atom stereocenters. The van der Waals surface area contributed by atoms with Gasteiger partial charge in [0.15, 0.2) is 10.7 Å². The van der Waals surface area contributed by atoms with Crippen LogP contribution in [0.3, 0.4) is 0 Å². The fraction of sp³-hybridized carbons (Fsp3) is 0.222. The lowest BCUT2D eigenvalue weighted by Gasteiger charge is -2.12. The van der Waals surface area contributed by atoms with E-state index in [1.807, 2.05) is 44.2 Å². The summed E-state index contributed by atoms with van der Waals surface area (Å²) in [6, 6.07) is 17.1. The molecule has 0 unspecified atom stereocenters. The van der Waals surface area contributed by atoms with Crippen molar-refractivity contribution < 1.29 is 9.21 Å². The second kappa shape index (κ2) is 9.95. The summed E-state index contributed by atoms with van der Waals surface area (Å²) in [6.45, 7) is 8.26. The fourth-order valence-electron chi connectivity index (χ4n) is 3.80. The second-order valence-electron chi connectivity index (χ2n) is 8.53. The fourth-order valence-corrected chi connectivity index (χ4v) is 4.17. The van der Waals surface area contributed by atoms with Gasteiger partial charge in [0.1, 0.15) is 5.52 Å². The molecule has 4 aromatic rings. The van der Waals surface area contributed by atoms with E-state index in [0.717, 1.165) is 34.2 Å². The smallest absolute Gasteiger partial charge is 0.257 e. The number of hydrogen-bond donors (Lipinski definition) is 2. The maximum absolute atomic E-state index is 12.6. The minimum absolute atomic E-state index is 0.152. The average Bonchev–Trinajstić information content (AvgIpc) is 3.22. The van der Waals surface area contributed by atoms with Gasteiger partial charge in [-0.15, -0.1) is 0 Å². The number of aryl methyl sites for hydroxylation is 2. The van der Waals surface area contributed by atoms with E-state index in [2.05, 4.69) is 41.6 Å². The van der Waals surface area contributed by atoms with E-state index in [4.69, 9.17) is 28.2 Å². The van der Waals surface area contributed by atoms with Crippen molar-refractivity contribution in [3.8, 4) is 11.5 Å². The van der Waals surface area contributed by atoms with E-state index in [1.165, 1.54) is 5.56 Å². The minimum atomic E-state index is -0.285. The monoisotopic (exact) mass is 491 g/mol. The normalized spacial score (nSPS) is 11.9. The van der Waals surface area contributed by atoms with Crippen molar-refractivity contribution in [3.05, 3.63) is 81.9 Å². The van der Waals surface area contributed by atoms with Gasteiger partial charge in [0.05, 0.1) is 10.7 Å². The molecule has 0 fully saturated rings. The zero-order valence-electron chi connectivity index (χ0n) is 19.5. The number of benzene rings is 3. The van der Waals surface area contributed by atoms with Crippen molar-refractivity contribution in [1.82, 2.24) is 10.3 Å². The van der Waals surface area contributed by atoms with Crippen LogP contribution in [0.5, 0.6) is 0 Å². The molecule has 4 rings (SSSR count). The van der Waals surface area contributed by atoms with Crippen LogP contribution in [0, 0.1) is 13.8 Å². The molecule has 1 amide bonds. The summed E-state index contributed by atoms with van der Waals surface area (Å²) >= 11 is 11.7. The lowest BCUT2D eigenvalue weighted by molar-refractivity contribution is 0.0977. The number of carbonyl (C=O) groups is 1. The van der Waals surface area contributed by atoms with Gasteiger partial charge in [-0.25, -0.2) is 4.98 Å². The van der Waals surface area contributed by atoms with Gasteiger partial charge < -0.3 is 9.73 Å². The molecular formula is C27H26ClN3O2S. The molecule has 2 N–H and O–H groups in total. The average molecular weight is 492 g/mol. The molecule has 174 valence electrons. The topological polar surface area (TPSA) is 67.2 Å². The molecule has 5 nitrogen and oxygen atoms in total. The summed E-state index contributed by atoms with van der Waals surface area (Å²) in [5.74, 6) is 0.657. The number of anilines is 1. The molecule has 0 aliphatic carbocycles. The number of oxazole rings is 1. The van der Waals surface area contributed by atoms with Gasteiger partial charge in [-0.1, -0.05) is 48.7 Å². The summed E-state index contributed by atoms with van der Waals surface area (Å²) in [5.41, 5.74) is 6.63. The summed E-state index contributed by atoms with van der Waals surface area (Å²) in [5, 5.41) is 6.34. The van der Waals surface area contributed by atoms with Crippen LogP contribution in [0.25, 0.3) is 22.6 Å². The van der Waals surface area contributed by atoms with Crippen molar-refractivity contribution >= 4 is 51.6 Å². The third-order valence-electron chi connectivity index (χ3n) is 5.77. The number of nitrogens with one attached hydrogen (secondary N) is 2. The van der Waals surface area contributed by atoms with Crippen LogP contribution in [-0.4, -0.2) is 16.0 Å². The van der Waals surface area contributed by atoms with Crippen molar-refractivity contribution in [1.29, 1.82) is 0 Å². The Morgan fingerprint density at radius 3 is 2.53 bits per heavy atom. The molecule has 0 radical (unpaired) electrons. The number of rotatable bonds is 5. The number of hydrogen-bond acceptors (Lipinski definition) is 4. The first-order valence-electron chi connectivity index (χ1n) is 11.1. The molecule has 0 aliphatic heterocycles. The Bertz CT molecular complexity index is 1380. The van der Waals surface area contributed by atoms with Crippen molar-refractivity contribution in [2.45, 2.75) is 40.0 Å². The van der Waals surface area contributed by atoms with E-state index in [9.17, 15) is 4.79 Å². The third-order valence-corrected chi connectivity index (χ3v) is 6.30. The van der Waals surface area contributed by atoms with Gasteiger partial charge >= 0.3 is 0 Å². The Kier molecular flexibility index (Phi) is 7.00. The largest absolute Gasteiger partial charge is 0.436 e. The third kappa shape index (κ3) is 5.29. The summed E-state index contributed by atoms with van der Waals surface area (Å²) < 4.78 is 5.98. The van der Waals surface area contributed by atoms with E-state index >= 15 is 0 Å². The van der Waals surface area contributed by atoms with Crippen LogP contribution in [0.1, 0.15) is 53.2 Å². The predicted molar refractivity (Wildman–Crippen MR) is 143 cm³/mol. The molecule has 1 aromatic heterocycles. The predicted octanol–water partition coefficient (Wildman–Crippen LogP) is 7.41. The summed E-state index contributed by atoms with van der Waals surface area (Å²) in [6.07, 6.45) is 1.06. The number of amides is 1. The maximum Gasteiger partial charge on any atom is 0.257 e. The van der Waals surface area contributed by atoms with Crippen LogP contribution in [0.15, 0.2) is 59.0 Å². The standard InChI is InChI=1S/C27H26ClN3O2S/c1-5-17(4)18-7-9-24-23(13-18)29-26(33-24)19-6-8-21(28)22(14-19)30-27(34)31-25(32)20-11-15(2)10-16(3)12-20/h6-14,17H,5H2,1-4H3,(H2,30,31,32,34)/t17-/m1/s1. The zero-order valence-corrected chi connectivity index (χ0v) is 21.1. The number of halogens is 1. The van der Waals surface area contributed by atoms with Crippen LogP contribution < -0.4 is 10.6 Å². The Morgan fingerprint density at radius 2 is 1.82 bits per heavy atom. The molecular weight excluding hydrogens is 466 g/mol. The Labute approximate surface area is 209 Å². The van der Waals surface area contributed by atoms with Crippen molar-refractivity contribution in [2.24, 2.45) is 0 Å². The van der Waals surface area contributed by atoms with E-state index in [1.54, 1.807) is 12.1 Å². The van der Waals surface area contributed by atoms with Crippen LogP contribution >= 0.6 is 23.8 Å². The highest BCUT2D eigenvalue weighted by Gasteiger charge is 2.14. The van der Waals surface area contributed by atoms with Crippen LogP contribution in [0.4, 0.5) is 5.69 Å². The quantitative estimate of drug-likeness (QED) is 0.284. The lowest BCUT2D eigenvalue weighted by atomic mass is 9.98. The van der Waals surface area contributed by atoms with E-state index in [0.29, 0.717) is 28.1 Å². The van der Waals surface area contributed by atoms with Gasteiger partial charge in [-0.3, -0.25) is 10.1 Å². The van der Waals surface area contributed by atoms with E-state index < -0.39 is 0 Å². The summed E-state index contributed by atoms with van der Waals surface area (Å²) in [7, 11) is 0. The van der Waals surface area contributed by atoms with Crippen LogP contribution in [-0.2, 0) is 0 Å². The highest BCUT2D eigenvalue weighted by Crippen LogP contribution is 2.31. The number of carbonyl (C=O) groups excluding carboxylic acids is 1. The Morgan fingerprint density at radius 1 is 1.09 bits per heavy atom. The lowest BCUT2D eigenvalue weighted by Crippen LogP contribution is -2.34. The number of thiocarbonyl (C=S) groups is 1. The molecule has 34 heavy (non-hydrogen) atoms. The summed E-state index contributed by atoms with van der Waals surface area (Å²) in [4.78, 5) is 17.3. The van der Waals surface area contributed by atoms with Gasteiger partial charge in [0.2, 0.25) is 5.89 Å². The molecule has 0 spiro atoms. The molecule has 7 heteroatoms. The molecule has 0 aliphatic rings.